The smallest absolute Gasteiger partial charge is 0.224 e. The highest BCUT2D eigenvalue weighted by molar-refractivity contribution is 9.10. The summed E-state index contributed by atoms with van der Waals surface area (Å²) in [6.07, 6.45) is 0.314. The van der Waals surface area contributed by atoms with Gasteiger partial charge in [-0.1, -0.05) is 22.9 Å². The second-order valence-electron chi connectivity index (χ2n) is 3.27. The van der Waals surface area contributed by atoms with Gasteiger partial charge in [0.2, 0.25) is 10.0 Å². The molecule has 1 fully saturated rings. The summed E-state index contributed by atoms with van der Waals surface area (Å²) in [5.41, 5.74) is 0. The van der Waals surface area contributed by atoms with Crippen molar-refractivity contribution in [1.29, 1.82) is 0 Å². The molecule has 0 radical (unpaired) electrons. The first kappa shape index (κ1) is 11.4. The first-order chi connectivity index (χ1) is 6.01. The number of hydrogen-bond acceptors (Lipinski definition) is 3. The van der Waals surface area contributed by atoms with Crippen LogP contribution in [-0.2, 0) is 10.0 Å². The van der Waals surface area contributed by atoms with Gasteiger partial charge in [-0.25, -0.2) is 8.42 Å². The van der Waals surface area contributed by atoms with Gasteiger partial charge in [-0.3, -0.25) is 0 Å². The molecule has 2 atom stereocenters. The summed E-state index contributed by atoms with van der Waals surface area (Å²) in [6, 6.07) is 0. The molecular weight excluding hydrogens is 258 g/mol. The molecule has 1 aliphatic rings. The van der Waals surface area contributed by atoms with Crippen molar-refractivity contribution in [3.05, 3.63) is 0 Å². The predicted octanol–water partition coefficient (Wildman–Crippen LogP) is 0.371. The number of hydrogen-bond donors (Lipinski definition) is 1. The molecule has 4 nitrogen and oxygen atoms in total. The molecule has 78 valence electrons. The van der Waals surface area contributed by atoms with Crippen molar-refractivity contribution in [2.24, 2.45) is 5.92 Å². The molecule has 2 unspecified atom stereocenters. The largest absolute Gasteiger partial charge is 0.391 e. The van der Waals surface area contributed by atoms with Gasteiger partial charge in [0.15, 0.2) is 0 Å². The SMILES string of the molecule is CCC1CN(S(=O)(=O)CBr)CC1O. The van der Waals surface area contributed by atoms with E-state index in [0.717, 1.165) is 6.42 Å². The van der Waals surface area contributed by atoms with Crippen LogP contribution in [0.5, 0.6) is 0 Å². The van der Waals surface area contributed by atoms with Crippen LogP contribution in [-0.4, -0.2) is 41.7 Å². The van der Waals surface area contributed by atoms with Crippen molar-refractivity contribution in [1.82, 2.24) is 4.31 Å². The zero-order valence-corrected chi connectivity index (χ0v) is 9.88. The molecule has 0 aliphatic carbocycles. The van der Waals surface area contributed by atoms with Gasteiger partial charge in [0.05, 0.1) is 6.10 Å². The Kier molecular flexibility index (Phi) is 3.73. The molecule has 0 aromatic carbocycles. The summed E-state index contributed by atoms with van der Waals surface area (Å²) in [4.78, 5) is 0. The lowest BCUT2D eigenvalue weighted by Gasteiger charge is -2.13. The maximum absolute atomic E-state index is 11.4. The quantitative estimate of drug-likeness (QED) is 0.755. The van der Waals surface area contributed by atoms with Crippen molar-refractivity contribution in [3.8, 4) is 0 Å². The number of halogens is 1. The molecule has 1 heterocycles. The molecular formula is C7H14BrNO3S. The number of β-amino-alcohol motifs (C(OH)–C–C–N with tert-alkyl or cyclic N) is 1. The summed E-state index contributed by atoms with van der Waals surface area (Å²) in [6.45, 7) is 2.65. The molecule has 1 saturated heterocycles. The normalized spacial score (nSPS) is 31.0. The van der Waals surface area contributed by atoms with Crippen molar-refractivity contribution < 1.29 is 13.5 Å². The molecule has 1 N–H and O–H groups in total. The van der Waals surface area contributed by atoms with Gasteiger partial charge >= 0.3 is 0 Å². The monoisotopic (exact) mass is 271 g/mol. The zero-order chi connectivity index (χ0) is 10.1. The number of sulfonamides is 1. The van der Waals surface area contributed by atoms with E-state index in [1.165, 1.54) is 4.31 Å². The number of rotatable bonds is 3. The predicted molar refractivity (Wildman–Crippen MR) is 54.1 cm³/mol. The van der Waals surface area contributed by atoms with E-state index in [0.29, 0.717) is 6.54 Å². The standard InChI is InChI=1S/C7H14BrNO3S/c1-2-6-3-9(4-7(6)10)13(11,12)5-8/h6-7,10H,2-5H2,1H3. The molecule has 13 heavy (non-hydrogen) atoms. The van der Waals surface area contributed by atoms with Crippen LogP contribution in [0.4, 0.5) is 0 Å². The van der Waals surface area contributed by atoms with Gasteiger partial charge < -0.3 is 5.11 Å². The first-order valence-corrected chi connectivity index (χ1v) is 6.96. The minimum Gasteiger partial charge on any atom is -0.391 e. The lowest BCUT2D eigenvalue weighted by molar-refractivity contribution is 0.143. The Morgan fingerprint density at radius 3 is 2.54 bits per heavy atom. The topological polar surface area (TPSA) is 57.6 Å². The second-order valence-corrected chi connectivity index (χ2v) is 6.55. The van der Waals surface area contributed by atoms with Crippen molar-refractivity contribution in [3.63, 3.8) is 0 Å². The minimum absolute atomic E-state index is 0.0663. The van der Waals surface area contributed by atoms with Gasteiger partial charge in [0.25, 0.3) is 0 Å². The molecule has 0 aromatic heterocycles. The number of alkyl halides is 1. The average Bonchev–Trinajstić information content (AvgIpc) is 2.47. The van der Waals surface area contributed by atoms with Crippen molar-refractivity contribution in [2.45, 2.75) is 19.4 Å². The molecule has 0 bridgehead atoms. The van der Waals surface area contributed by atoms with Crippen LogP contribution in [0, 0.1) is 5.92 Å². The molecule has 1 rings (SSSR count). The lowest BCUT2D eigenvalue weighted by Crippen LogP contribution is -2.30. The van der Waals surface area contributed by atoms with Crippen molar-refractivity contribution in [2.75, 3.05) is 17.8 Å². The Morgan fingerprint density at radius 2 is 2.15 bits per heavy atom. The Bertz CT molecular complexity index is 267. The van der Waals surface area contributed by atoms with Crippen LogP contribution in [0.1, 0.15) is 13.3 Å². The third kappa shape index (κ3) is 2.43. The van der Waals surface area contributed by atoms with Crippen LogP contribution < -0.4 is 0 Å². The maximum atomic E-state index is 11.4. The Hall–Kier alpha value is 0.350. The summed E-state index contributed by atoms with van der Waals surface area (Å²) < 4.78 is 24.0. The fraction of sp³-hybridized carbons (Fsp3) is 1.00. The van der Waals surface area contributed by atoms with E-state index in [4.69, 9.17) is 0 Å². The van der Waals surface area contributed by atoms with Gasteiger partial charge in [-0.05, 0) is 12.3 Å². The minimum atomic E-state index is -3.18. The summed E-state index contributed by atoms with van der Waals surface area (Å²) in [5.74, 6) is 0.0915. The molecule has 1 aliphatic heterocycles. The zero-order valence-electron chi connectivity index (χ0n) is 7.48. The number of aliphatic hydroxyl groups excluding tert-OH is 1. The fourth-order valence-electron chi connectivity index (χ4n) is 1.51. The lowest BCUT2D eigenvalue weighted by atomic mass is 10.0. The highest BCUT2D eigenvalue weighted by Crippen LogP contribution is 2.23. The number of aliphatic hydroxyl groups is 1. The molecule has 0 aromatic rings. The van der Waals surface area contributed by atoms with Crippen LogP contribution >= 0.6 is 15.9 Å². The van der Waals surface area contributed by atoms with E-state index >= 15 is 0 Å². The first-order valence-electron chi connectivity index (χ1n) is 4.23. The molecule has 6 heteroatoms. The van der Waals surface area contributed by atoms with Gasteiger partial charge in [-0.15, -0.1) is 0 Å². The Labute approximate surface area is 87.1 Å². The van der Waals surface area contributed by atoms with E-state index in [1.54, 1.807) is 0 Å². The second kappa shape index (κ2) is 4.25. The van der Waals surface area contributed by atoms with E-state index < -0.39 is 16.1 Å². The van der Waals surface area contributed by atoms with Crippen LogP contribution in [0.15, 0.2) is 0 Å². The van der Waals surface area contributed by atoms with Crippen LogP contribution in [0.25, 0.3) is 0 Å². The van der Waals surface area contributed by atoms with E-state index in [9.17, 15) is 13.5 Å². The fourth-order valence-corrected chi connectivity index (χ4v) is 3.32. The third-order valence-electron chi connectivity index (χ3n) is 2.43. The molecule has 0 spiro atoms. The highest BCUT2D eigenvalue weighted by Gasteiger charge is 2.35. The summed E-state index contributed by atoms with van der Waals surface area (Å²) >= 11 is 2.93. The van der Waals surface area contributed by atoms with E-state index in [-0.39, 0.29) is 17.1 Å². The molecule has 0 saturated carbocycles. The maximum Gasteiger partial charge on any atom is 0.224 e. The highest BCUT2D eigenvalue weighted by atomic mass is 79.9. The third-order valence-corrected chi connectivity index (χ3v) is 5.53. The summed E-state index contributed by atoms with van der Waals surface area (Å²) in [7, 11) is -3.18. The van der Waals surface area contributed by atoms with Crippen LogP contribution in [0.3, 0.4) is 0 Å². The van der Waals surface area contributed by atoms with Crippen LogP contribution in [0.2, 0.25) is 0 Å². The van der Waals surface area contributed by atoms with Gasteiger partial charge in [0.1, 0.15) is 4.66 Å². The number of nitrogens with zero attached hydrogens (tertiary/aromatic N) is 1. The average molecular weight is 272 g/mol. The summed E-state index contributed by atoms with van der Waals surface area (Å²) in [5, 5.41) is 9.50. The van der Waals surface area contributed by atoms with Crippen molar-refractivity contribution >= 4 is 26.0 Å². The molecule has 0 amide bonds. The Balaban J connectivity index is 2.68. The van der Waals surface area contributed by atoms with E-state index in [2.05, 4.69) is 15.9 Å². The Morgan fingerprint density at radius 1 is 1.54 bits per heavy atom. The van der Waals surface area contributed by atoms with Gasteiger partial charge in [0, 0.05) is 13.1 Å². The van der Waals surface area contributed by atoms with Gasteiger partial charge in [-0.2, -0.15) is 4.31 Å². The van der Waals surface area contributed by atoms with E-state index in [1.807, 2.05) is 6.92 Å².